The molecule has 0 bridgehead atoms. The summed E-state index contributed by atoms with van der Waals surface area (Å²) in [6.45, 7) is 2.52. The van der Waals surface area contributed by atoms with E-state index in [4.69, 9.17) is 10.3 Å². The SMILES string of the molecule is CCc1cccc(NC(N)=NCc2ccon2)c1.I. The summed E-state index contributed by atoms with van der Waals surface area (Å²) in [5.74, 6) is 0.367. The van der Waals surface area contributed by atoms with E-state index in [1.54, 1.807) is 6.07 Å². The molecular formula is C13H17IN4O. The summed E-state index contributed by atoms with van der Waals surface area (Å²) in [6.07, 6.45) is 2.50. The van der Waals surface area contributed by atoms with E-state index in [2.05, 4.69) is 34.5 Å². The van der Waals surface area contributed by atoms with Gasteiger partial charge in [-0.1, -0.05) is 24.2 Å². The van der Waals surface area contributed by atoms with Crippen LogP contribution >= 0.6 is 24.0 Å². The molecule has 2 aromatic rings. The van der Waals surface area contributed by atoms with Gasteiger partial charge in [0, 0.05) is 11.8 Å². The van der Waals surface area contributed by atoms with Crippen molar-refractivity contribution in [2.75, 3.05) is 5.32 Å². The highest BCUT2D eigenvalue weighted by atomic mass is 127. The molecule has 1 heterocycles. The van der Waals surface area contributed by atoms with E-state index in [0.717, 1.165) is 17.8 Å². The lowest BCUT2D eigenvalue weighted by Crippen LogP contribution is -2.22. The molecule has 2 rings (SSSR count). The molecule has 0 atom stereocenters. The Bertz CT molecular complexity index is 525. The summed E-state index contributed by atoms with van der Waals surface area (Å²) in [4.78, 5) is 4.18. The monoisotopic (exact) mass is 372 g/mol. The quantitative estimate of drug-likeness (QED) is 0.492. The standard InChI is InChI=1S/C13H16N4O.HI/c1-2-10-4-3-5-11(8-10)16-13(14)15-9-12-6-7-18-17-12;/h3-8H,2,9H2,1H3,(H3,14,15,16);1H. The second-order valence-electron chi connectivity index (χ2n) is 3.87. The normalized spacial score (nSPS) is 10.9. The lowest BCUT2D eigenvalue weighted by molar-refractivity contribution is 0.412. The molecule has 0 amide bonds. The summed E-state index contributed by atoms with van der Waals surface area (Å²) < 4.78 is 4.71. The molecule has 0 unspecified atom stereocenters. The summed E-state index contributed by atoms with van der Waals surface area (Å²) in [5.41, 5.74) is 8.74. The first-order valence-electron chi connectivity index (χ1n) is 5.83. The van der Waals surface area contributed by atoms with E-state index in [-0.39, 0.29) is 24.0 Å². The van der Waals surface area contributed by atoms with E-state index >= 15 is 0 Å². The fraction of sp³-hybridized carbons (Fsp3) is 0.231. The zero-order chi connectivity index (χ0) is 12.8. The minimum Gasteiger partial charge on any atom is -0.370 e. The summed E-state index contributed by atoms with van der Waals surface area (Å²) in [6, 6.07) is 9.84. The highest BCUT2D eigenvalue weighted by molar-refractivity contribution is 14.0. The van der Waals surface area contributed by atoms with E-state index in [0.29, 0.717) is 12.5 Å². The number of anilines is 1. The maximum atomic E-state index is 5.79. The fourth-order valence-corrected chi connectivity index (χ4v) is 1.54. The minimum atomic E-state index is 0. The minimum absolute atomic E-state index is 0. The van der Waals surface area contributed by atoms with Crippen LogP contribution in [0.4, 0.5) is 5.69 Å². The van der Waals surface area contributed by atoms with Gasteiger partial charge in [-0.05, 0) is 24.1 Å². The zero-order valence-electron chi connectivity index (χ0n) is 10.7. The van der Waals surface area contributed by atoms with Crippen molar-refractivity contribution in [3.63, 3.8) is 0 Å². The second kappa shape index (κ2) is 7.78. The lowest BCUT2D eigenvalue weighted by Gasteiger charge is -2.06. The number of nitrogens with two attached hydrogens (primary N) is 1. The average molecular weight is 372 g/mol. The van der Waals surface area contributed by atoms with Crippen molar-refractivity contribution in [2.45, 2.75) is 19.9 Å². The molecule has 19 heavy (non-hydrogen) atoms. The molecule has 0 spiro atoms. The number of aliphatic imine (C=N–C) groups is 1. The van der Waals surface area contributed by atoms with Crippen LogP contribution in [0.25, 0.3) is 0 Å². The number of benzene rings is 1. The van der Waals surface area contributed by atoms with Gasteiger partial charge in [-0.3, -0.25) is 0 Å². The van der Waals surface area contributed by atoms with Gasteiger partial charge in [-0.25, -0.2) is 4.99 Å². The van der Waals surface area contributed by atoms with Gasteiger partial charge in [0.2, 0.25) is 0 Å². The van der Waals surface area contributed by atoms with Crippen LogP contribution in [-0.4, -0.2) is 11.1 Å². The van der Waals surface area contributed by atoms with Crippen LogP contribution < -0.4 is 11.1 Å². The van der Waals surface area contributed by atoms with E-state index in [1.165, 1.54) is 11.8 Å². The Hall–Kier alpha value is -1.57. The lowest BCUT2D eigenvalue weighted by atomic mass is 10.1. The Kier molecular flexibility index (Phi) is 6.34. The van der Waals surface area contributed by atoms with Crippen LogP contribution in [0.2, 0.25) is 0 Å². The van der Waals surface area contributed by atoms with Crippen LogP contribution in [-0.2, 0) is 13.0 Å². The van der Waals surface area contributed by atoms with Gasteiger partial charge in [0.05, 0.1) is 6.54 Å². The molecule has 0 radical (unpaired) electrons. The van der Waals surface area contributed by atoms with Gasteiger partial charge in [-0.15, -0.1) is 24.0 Å². The first kappa shape index (κ1) is 15.5. The number of nitrogens with one attached hydrogen (secondary N) is 1. The first-order valence-corrected chi connectivity index (χ1v) is 5.83. The van der Waals surface area contributed by atoms with Crippen molar-refractivity contribution < 1.29 is 4.52 Å². The van der Waals surface area contributed by atoms with Gasteiger partial charge in [-0.2, -0.15) is 0 Å². The van der Waals surface area contributed by atoms with Crippen LogP contribution in [0, 0.1) is 0 Å². The molecule has 3 N–H and O–H groups in total. The molecule has 0 aliphatic carbocycles. The molecule has 1 aromatic carbocycles. The van der Waals surface area contributed by atoms with Crippen molar-refractivity contribution in [1.29, 1.82) is 0 Å². The highest BCUT2D eigenvalue weighted by Crippen LogP contribution is 2.10. The van der Waals surface area contributed by atoms with Crippen molar-refractivity contribution in [3.05, 3.63) is 47.9 Å². The molecular weight excluding hydrogens is 355 g/mol. The molecule has 6 heteroatoms. The Morgan fingerprint density at radius 3 is 2.95 bits per heavy atom. The van der Waals surface area contributed by atoms with Crippen LogP contribution in [0.5, 0.6) is 0 Å². The number of nitrogens with zero attached hydrogens (tertiary/aromatic N) is 2. The smallest absolute Gasteiger partial charge is 0.193 e. The number of hydrogen-bond donors (Lipinski definition) is 2. The van der Waals surface area contributed by atoms with Crippen molar-refractivity contribution in [1.82, 2.24) is 5.16 Å². The van der Waals surface area contributed by atoms with Gasteiger partial charge in [0.15, 0.2) is 5.96 Å². The zero-order valence-corrected chi connectivity index (χ0v) is 13.0. The first-order chi connectivity index (χ1) is 8.78. The molecule has 0 aliphatic heterocycles. The molecule has 0 aliphatic rings. The molecule has 5 nitrogen and oxygen atoms in total. The third-order valence-electron chi connectivity index (χ3n) is 2.51. The number of hydrogen-bond acceptors (Lipinski definition) is 3. The van der Waals surface area contributed by atoms with Crippen molar-refractivity contribution in [2.24, 2.45) is 10.7 Å². The topological polar surface area (TPSA) is 76.4 Å². The third-order valence-corrected chi connectivity index (χ3v) is 2.51. The third kappa shape index (κ3) is 4.90. The largest absolute Gasteiger partial charge is 0.370 e. The van der Waals surface area contributed by atoms with E-state index in [1.807, 2.05) is 12.1 Å². The summed E-state index contributed by atoms with van der Waals surface area (Å²) >= 11 is 0. The van der Waals surface area contributed by atoms with E-state index < -0.39 is 0 Å². The maximum absolute atomic E-state index is 5.79. The molecule has 1 aromatic heterocycles. The second-order valence-corrected chi connectivity index (χ2v) is 3.87. The number of guanidine groups is 1. The van der Waals surface area contributed by atoms with Crippen LogP contribution in [0.1, 0.15) is 18.2 Å². The summed E-state index contributed by atoms with van der Waals surface area (Å²) in [5, 5.41) is 6.81. The maximum Gasteiger partial charge on any atom is 0.193 e. The van der Waals surface area contributed by atoms with Crippen LogP contribution in [0.3, 0.4) is 0 Å². The molecule has 0 saturated carbocycles. The van der Waals surface area contributed by atoms with Crippen LogP contribution in [0.15, 0.2) is 46.1 Å². The Labute approximate surface area is 129 Å². The fourth-order valence-electron chi connectivity index (χ4n) is 1.54. The average Bonchev–Trinajstić information content (AvgIpc) is 2.90. The number of aromatic nitrogens is 1. The predicted molar refractivity (Wildman–Crippen MR) is 86.7 cm³/mol. The number of rotatable bonds is 4. The summed E-state index contributed by atoms with van der Waals surface area (Å²) in [7, 11) is 0. The Balaban J connectivity index is 0.00000180. The van der Waals surface area contributed by atoms with E-state index in [9.17, 15) is 0 Å². The predicted octanol–water partition coefficient (Wildman–Crippen LogP) is 2.78. The number of halogens is 1. The number of aryl methyl sites for hydroxylation is 1. The Morgan fingerprint density at radius 2 is 2.26 bits per heavy atom. The van der Waals surface area contributed by atoms with Gasteiger partial charge in [0.25, 0.3) is 0 Å². The molecule has 0 saturated heterocycles. The van der Waals surface area contributed by atoms with Gasteiger partial charge < -0.3 is 15.6 Å². The molecule has 102 valence electrons. The van der Waals surface area contributed by atoms with Gasteiger partial charge in [0.1, 0.15) is 12.0 Å². The van der Waals surface area contributed by atoms with Gasteiger partial charge >= 0.3 is 0 Å². The Morgan fingerprint density at radius 1 is 1.42 bits per heavy atom. The highest BCUT2D eigenvalue weighted by Gasteiger charge is 1.98. The van der Waals surface area contributed by atoms with Crippen molar-refractivity contribution in [3.8, 4) is 0 Å². The molecule has 0 fully saturated rings. The van der Waals surface area contributed by atoms with Crippen molar-refractivity contribution >= 4 is 35.6 Å².